The smallest absolute Gasteiger partial charge is 0.225 e. The van der Waals surface area contributed by atoms with Crippen molar-refractivity contribution in [1.29, 1.82) is 0 Å². The number of nitrogens with zero attached hydrogens (tertiary/aromatic N) is 2. The number of aromatic amines is 1. The molecule has 2 heterocycles. The Morgan fingerprint density at radius 1 is 1.59 bits per heavy atom. The molecule has 4 heteroatoms. The average Bonchev–Trinajstić information content (AvgIpc) is 2.75. The molecule has 1 fully saturated rings. The van der Waals surface area contributed by atoms with Crippen LogP contribution in [0.4, 0.5) is 0 Å². The lowest BCUT2D eigenvalue weighted by Crippen LogP contribution is -2.41. The van der Waals surface area contributed by atoms with Crippen LogP contribution in [-0.2, 0) is 4.79 Å². The number of nitrogens with one attached hydrogen (secondary N) is 1. The highest BCUT2D eigenvalue weighted by Crippen LogP contribution is 2.26. The lowest BCUT2D eigenvalue weighted by atomic mass is 9.94. The summed E-state index contributed by atoms with van der Waals surface area (Å²) in [5.74, 6) is 0.757. The molecule has 1 aromatic rings. The van der Waals surface area contributed by atoms with Crippen LogP contribution >= 0.6 is 0 Å². The summed E-state index contributed by atoms with van der Waals surface area (Å²) in [5.41, 5.74) is 2.19. The highest BCUT2D eigenvalue weighted by atomic mass is 16.2. The molecule has 2 rings (SSSR count). The zero-order valence-corrected chi connectivity index (χ0v) is 10.9. The van der Waals surface area contributed by atoms with E-state index >= 15 is 0 Å². The Morgan fingerprint density at radius 3 is 2.94 bits per heavy atom. The van der Waals surface area contributed by atoms with E-state index in [-0.39, 0.29) is 11.8 Å². The van der Waals surface area contributed by atoms with Gasteiger partial charge in [-0.1, -0.05) is 13.8 Å². The first-order valence-corrected chi connectivity index (χ1v) is 6.38. The van der Waals surface area contributed by atoms with Gasteiger partial charge < -0.3 is 4.90 Å². The van der Waals surface area contributed by atoms with Crippen LogP contribution in [0.15, 0.2) is 6.07 Å². The number of H-pyrrole nitrogens is 1. The second kappa shape index (κ2) is 4.90. The van der Waals surface area contributed by atoms with Crippen LogP contribution in [-0.4, -0.2) is 34.1 Å². The lowest BCUT2D eigenvalue weighted by molar-refractivity contribution is -0.135. The van der Waals surface area contributed by atoms with Crippen molar-refractivity contribution in [3.05, 3.63) is 17.5 Å². The normalized spacial score (nSPS) is 20.9. The van der Waals surface area contributed by atoms with Gasteiger partial charge in [0.1, 0.15) is 0 Å². The summed E-state index contributed by atoms with van der Waals surface area (Å²) in [5, 5.41) is 7.29. The van der Waals surface area contributed by atoms with E-state index in [2.05, 4.69) is 16.3 Å². The minimum Gasteiger partial charge on any atom is -0.342 e. The zero-order valence-electron chi connectivity index (χ0n) is 10.9. The van der Waals surface area contributed by atoms with Gasteiger partial charge in [0.15, 0.2) is 0 Å². The second-order valence-electron chi connectivity index (χ2n) is 5.25. The van der Waals surface area contributed by atoms with Crippen LogP contribution in [0.5, 0.6) is 0 Å². The Labute approximate surface area is 102 Å². The summed E-state index contributed by atoms with van der Waals surface area (Å²) in [6, 6.07) is 2.09. The molecule has 1 aliphatic heterocycles. The third kappa shape index (κ3) is 2.68. The van der Waals surface area contributed by atoms with Crippen molar-refractivity contribution < 1.29 is 4.79 Å². The van der Waals surface area contributed by atoms with Gasteiger partial charge in [0, 0.05) is 30.6 Å². The van der Waals surface area contributed by atoms with Crippen molar-refractivity contribution >= 4 is 5.91 Å². The molecule has 1 aliphatic rings. The molecule has 4 nitrogen and oxygen atoms in total. The molecule has 0 spiro atoms. The van der Waals surface area contributed by atoms with Gasteiger partial charge in [0.25, 0.3) is 0 Å². The Bertz CT molecular complexity index is 397. The van der Waals surface area contributed by atoms with Gasteiger partial charge >= 0.3 is 0 Å². The SMILES string of the molecule is Cc1cc([C@@H]2CCCN(C(=O)C(C)C)C2)n[nH]1. The number of amides is 1. The monoisotopic (exact) mass is 235 g/mol. The summed E-state index contributed by atoms with van der Waals surface area (Å²) in [4.78, 5) is 14.0. The van der Waals surface area contributed by atoms with Crippen LogP contribution in [0, 0.1) is 12.8 Å². The first-order valence-electron chi connectivity index (χ1n) is 6.38. The number of hydrogen-bond donors (Lipinski definition) is 1. The summed E-state index contributed by atoms with van der Waals surface area (Å²) < 4.78 is 0. The quantitative estimate of drug-likeness (QED) is 0.853. The van der Waals surface area contributed by atoms with Crippen LogP contribution in [0.1, 0.15) is 44.0 Å². The maximum atomic E-state index is 12.0. The molecule has 0 aliphatic carbocycles. The predicted octanol–water partition coefficient (Wildman–Crippen LogP) is 2.08. The molecule has 0 saturated carbocycles. The summed E-state index contributed by atoms with van der Waals surface area (Å²) >= 11 is 0. The van der Waals surface area contributed by atoms with E-state index in [0.29, 0.717) is 5.92 Å². The van der Waals surface area contributed by atoms with Gasteiger partial charge in [0.2, 0.25) is 5.91 Å². The third-order valence-corrected chi connectivity index (χ3v) is 3.37. The highest BCUT2D eigenvalue weighted by Gasteiger charge is 2.27. The van der Waals surface area contributed by atoms with E-state index < -0.39 is 0 Å². The number of likely N-dealkylation sites (tertiary alicyclic amines) is 1. The van der Waals surface area contributed by atoms with Crippen molar-refractivity contribution in [3.63, 3.8) is 0 Å². The van der Waals surface area contributed by atoms with Gasteiger partial charge in [-0.15, -0.1) is 0 Å². The van der Waals surface area contributed by atoms with Crippen LogP contribution in [0.3, 0.4) is 0 Å². The molecule has 17 heavy (non-hydrogen) atoms. The van der Waals surface area contributed by atoms with Crippen LogP contribution in [0.2, 0.25) is 0 Å². The predicted molar refractivity (Wildman–Crippen MR) is 66.7 cm³/mol. The lowest BCUT2D eigenvalue weighted by Gasteiger charge is -2.33. The highest BCUT2D eigenvalue weighted by molar-refractivity contribution is 5.78. The number of aromatic nitrogens is 2. The van der Waals surface area contributed by atoms with Crippen molar-refractivity contribution in [2.75, 3.05) is 13.1 Å². The molecule has 94 valence electrons. The first-order chi connectivity index (χ1) is 8.08. The maximum absolute atomic E-state index is 12.0. The van der Waals surface area contributed by atoms with Crippen molar-refractivity contribution in [1.82, 2.24) is 15.1 Å². The van der Waals surface area contributed by atoms with Crippen LogP contribution < -0.4 is 0 Å². The van der Waals surface area contributed by atoms with E-state index in [9.17, 15) is 4.79 Å². The number of rotatable bonds is 2. The van der Waals surface area contributed by atoms with Gasteiger partial charge in [-0.2, -0.15) is 5.10 Å². The van der Waals surface area contributed by atoms with Crippen molar-refractivity contribution in [3.8, 4) is 0 Å². The largest absolute Gasteiger partial charge is 0.342 e. The van der Waals surface area contributed by atoms with E-state index in [1.54, 1.807) is 0 Å². The third-order valence-electron chi connectivity index (χ3n) is 3.37. The molecule has 0 aromatic carbocycles. The molecule has 0 unspecified atom stereocenters. The Morgan fingerprint density at radius 2 is 2.35 bits per heavy atom. The standard InChI is InChI=1S/C13H21N3O/c1-9(2)13(17)16-6-4-5-11(8-16)12-7-10(3)14-15-12/h7,9,11H,4-6,8H2,1-3H3,(H,14,15)/t11-/m1/s1. The van der Waals surface area contributed by atoms with E-state index in [0.717, 1.165) is 37.3 Å². The maximum Gasteiger partial charge on any atom is 0.225 e. The average molecular weight is 235 g/mol. The fraction of sp³-hybridized carbons (Fsp3) is 0.692. The number of piperidine rings is 1. The van der Waals surface area contributed by atoms with Gasteiger partial charge in [-0.25, -0.2) is 0 Å². The molecule has 0 radical (unpaired) electrons. The zero-order chi connectivity index (χ0) is 12.4. The van der Waals surface area contributed by atoms with E-state index in [1.165, 1.54) is 0 Å². The van der Waals surface area contributed by atoms with Gasteiger partial charge in [0.05, 0.1) is 5.69 Å². The summed E-state index contributed by atoms with van der Waals surface area (Å²) in [6.07, 6.45) is 2.21. The van der Waals surface area contributed by atoms with Crippen molar-refractivity contribution in [2.45, 2.75) is 39.5 Å². The second-order valence-corrected chi connectivity index (χ2v) is 5.25. The summed E-state index contributed by atoms with van der Waals surface area (Å²) in [7, 11) is 0. The molecule has 1 aromatic heterocycles. The van der Waals surface area contributed by atoms with Gasteiger partial charge in [-0.05, 0) is 25.8 Å². The minimum absolute atomic E-state index is 0.0923. The van der Waals surface area contributed by atoms with E-state index in [1.807, 2.05) is 25.7 Å². The van der Waals surface area contributed by atoms with Crippen LogP contribution in [0.25, 0.3) is 0 Å². The van der Waals surface area contributed by atoms with E-state index in [4.69, 9.17) is 0 Å². The Balaban J connectivity index is 2.04. The van der Waals surface area contributed by atoms with Crippen molar-refractivity contribution in [2.24, 2.45) is 5.92 Å². The molecule has 0 bridgehead atoms. The summed E-state index contributed by atoms with van der Waals surface area (Å²) in [6.45, 7) is 7.66. The molecule has 1 atom stereocenters. The number of carbonyl (C=O) groups excluding carboxylic acids is 1. The van der Waals surface area contributed by atoms with Gasteiger partial charge in [-0.3, -0.25) is 9.89 Å². The number of hydrogen-bond acceptors (Lipinski definition) is 2. The molecular weight excluding hydrogens is 214 g/mol. The number of carbonyl (C=O) groups is 1. The molecule has 1 amide bonds. The number of aryl methyl sites for hydroxylation is 1. The minimum atomic E-state index is 0.0923. The molecule has 1 saturated heterocycles. The topological polar surface area (TPSA) is 49.0 Å². The molecular formula is C13H21N3O. The fourth-order valence-electron chi connectivity index (χ4n) is 2.43. The molecule has 1 N–H and O–H groups in total. The first kappa shape index (κ1) is 12.1. The fourth-order valence-corrected chi connectivity index (χ4v) is 2.43. The Hall–Kier alpha value is -1.32. The Kier molecular flexibility index (Phi) is 3.50.